The molecule has 0 saturated heterocycles. The maximum atomic E-state index is 12.2. The van der Waals surface area contributed by atoms with Gasteiger partial charge in [0.25, 0.3) is 0 Å². The number of nitrogens with one attached hydrogen (secondary N) is 2. The first kappa shape index (κ1) is 24.1. The van der Waals surface area contributed by atoms with Gasteiger partial charge >= 0.3 is 12.1 Å². The second kappa shape index (κ2) is 8.81. The third kappa shape index (κ3) is 4.63. The lowest BCUT2D eigenvalue weighted by atomic mass is 10.2. The number of nitrogens with zero attached hydrogens (tertiary/aromatic N) is 3. The summed E-state index contributed by atoms with van der Waals surface area (Å²) in [6.45, 7) is 7.32. The van der Waals surface area contributed by atoms with E-state index in [1.165, 1.54) is 7.11 Å². The van der Waals surface area contributed by atoms with Gasteiger partial charge in [-0.3, -0.25) is 0 Å². The van der Waals surface area contributed by atoms with Gasteiger partial charge in [-0.15, -0.1) is 0 Å². The van der Waals surface area contributed by atoms with Gasteiger partial charge in [-0.25, -0.2) is 19.6 Å². The lowest BCUT2D eigenvalue weighted by Crippen LogP contribution is -2.34. The third-order valence-electron chi connectivity index (χ3n) is 5.99. The minimum absolute atomic E-state index is 0.291. The van der Waals surface area contributed by atoms with Crippen molar-refractivity contribution in [3.63, 3.8) is 0 Å². The number of fused-ring (bicyclic) bond motifs is 2. The summed E-state index contributed by atoms with van der Waals surface area (Å²) in [5.41, 5.74) is 3.37. The first-order valence-corrected chi connectivity index (χ1v) is 12.2. The molecule has 0 unspecified atom stereocenters. The van der Waals surface area contributed by atoms with Crippen LogP contribution in [0.5, 0.6) is 0 Å². The highest BCUT2D eigenvalue weighted by molar-refractivity contribution is 6.35. The zero-order chi connectivity index (χ0) is 25.8. The Labute approximate surface area is 213 Å². The Morgan fingerprint density at radius 2 is 1.94 bits per heavy atom. The van der Waals surface area contributed by atoms with Gasteiger partial charge in [0.1, 0.15) is 11.2 Å². The van der Waals surface area contributed by atoms with Crippen molar-refractivity contribution in [3.8, 4) is 11.5 Å². The van der Waals surface area contributed by atoms with Gasteiger partial charge in [0.2, 0.25) is 0 Å². The van der Waals surface area contributed by atoms with Crippen LogP contribution in [-0.2, 0) is 9.47 Å². The fourth-order valence-corrected chi connectivity index (χ4v) is 4.54. The molecule has 1 saturated carbocycles. The number of hydrogen-bond donors (Lipinski definition) is 2. The number of esters is 1. The molecule has 1 amide bonds. The minimum atomic E-state index is -0.580. The number of aromatic nitrogens is 4. The molecule has 0 bridgehead atoms. The van der Waals surface area contributed by atoms with Crippen LogP contribution in [0.25, 0.3) is 33.6 Å². The van der Waals surface area contributed by atoms with Gasteiger partial charge in [-0.2, -0.15) is 0 Å². The number of rotatable bonds is 5. The number of carbonyl (C=O) groups excluding carboxylic acids is 2. The summed E-state index contributed by atoms with van der Waals surface area (Å²) in [6, 6.07) is 9.11. The van der Waals surface area contributed by atoms with Crippen molar-refractivity contribution >= 4 is 45.7 Å². The highest BCUT2D eigenvalue weighted by Crippen LogP contribution is 2.43. The first-order valence-electron chi connectivity index (χ1n) is 11.8. The van der Waals surface area contributed by atoms with Crippen LogP contribution in [0.1, 0.15) is 68.7 Å². The summed E-state index contributed by atoms with van der Waals surface area (Å²) in [6.07, 6.45) is 1.57. The summed E-state index contributed by atoms with van der Waals surface area (Å²) >= 11 is 6.62. The van der Waals surface area contributed by atoms with Gasteiger partial charge < -0.3 is 24.3 Å². The number of aromatic amines is 1. The number of carbonyl (C=O) groups is 2. The largest absolute Gasteiger partial charge is 0.465 e. The van der Waals surface area contributed by atoms with E-state index in [0.717, 1.165) is 35.3 Å². The summed E-state index contributed by atoms with van der Waals surface area (Å²) in [7, 11) is 1.34. The van der Waals surface area contributed by atoms with E-state index in [4.69, 9.17) is 31.0 Å². The zero-order valence-corrected chi connectivity index (χ0v) is 21.6. The fraction of sp³-hybridized carbons (Fsp3) is 0.385. The summed E-state index contributed by atoms with van der Waals surface area (Å²) in [5, 5.41) is 4.19. The topological polar surface area (TPSA) is 111 Å². The van der Waals surface area contributed by atoms with Crippen molar-refractivity contribution < 1.29 is 19.1 Å². The van der Waals surface area contributed by atoms with Crippen molar-refractivity contribution in [2.75, 3.05) is 7.11 Å². The lowest BCUT2D eigenvalue weighted by molar-refractivity contribution is 0.0506. The van der Waals surface area contributed by atoms with E-state index in [-0.39, 0.29) is 6.04 Å². The van der Waals surface area contributed by atoms with E-state index in [1.807, 2.05) is 45.9 Å². The van der Waals surface area contributed by atoms with Crippen molar-refractivity contribution in [3.05, 3.63) is 46.6 Å². The van der Waals surface area contributed by atoms with Gasteiger partial charge in [-0.1, -0.05) is 11.6 Å². The quantitative estimate of drug-likeness (QED) is 0.322. The summed E-state index contributed by atoms with van der Waals surface area (Å²) < 4.78 is 12.3. The van der Waals surface area contributed by atoms with Crippen LogP contribution in [0.4, 0.5) is 4.79 Å². The summed E-state index contributed by atoms with van der Waals surface area (Å²) in [4.78, 5) is 37.2. The van der Waals surface area contributed by atoms with Crippen LogP contribution in [0.2, 0.25) is 5.02 Å². The van der Waals surface area contributed by atoms with E-state index in [1.54, 1.807) is 12.1 Å². The Balaban J connectivity index is 1.51. The van der Waals surface area contributed by atoms with E-state index < -0.39 is 17.7 Å². The molecule has 2 N–H and O–H groups in total. The molecule has 0 spiro atoms. The predicted molar refractivity (Wildman–Crippen MR) is 137 cm³/mol. The van der Waals surface area contributed by atoms with Crippen LogP contribution in [0.15, 0.2) is 30.3 Å². The zero-order valence-electron chi connectivity index (χ0n) is 20.8. The van der Waals surface area contributed by atoms with Crippen LogP contribution in [-0.4, -0.2) is 44.3 Å². The Bertz CT molecular complexity index is 1500. The third-order valence-corrected chi connectivity index (χ3v) is 6.28. The molecule has 9 nitrogen and oxygen atoms in total. The van der Waals surface area contributed by atoms with Gasteiger partial charge in [-0.05, 0) is 70.9 Å². The van der Waals surface area contributed by atoms with Crippen LogP contribution < -0.4 is 5.32 Å². The average molecular weight is 510 g/mol. The fourth-order valence-electron chi connectivity index (χ4n) is 4.24. The first-order chi connectivity index (χ1) is 17.0. The second-order valence-electron chi connectivity index (χ2n) is 10.1. The molecule has 1 aliphatic rings. The molecule has 1 aromatic carbocycles. The number of H-pyrrole nitrogens is 1. The van der Waals surface area contributed by atoms with Crippen LogP contribution >= 0.6 is 11.6 Å². The summed E-state index contributed by atoms with van der Waals surface area (Å²) in [5.74, 6) is 0.272. The molecule has 1 aliphatic carbocycles. The predicted octanol–water partition coefficient (Wildman–Crippen LogP) is 5.94. The number of pyridine rings is 1. The number of hydrogen-bond acceptors (Lipinski definition) is 6. The Morgan fingerprint density at radius 1 is 1.19 bits per heavy atom. The van der Waals surface area contributed by atoms with E-state index in [0.29, 0.717) is 33.5 Å². The van der Waals surface area contributed by atoms with E-state index in [2.05, 4.69) is 14.9 Å². The molecular formula is C26H28ClN5O4. The van der Waals surface area contributed by atoms with Crippen LogP contribution in [0.3, 0.4) is 0 Å². The minimum Gasteiger partial charge on any atom is -0.465 e. The number of imidazole rings is 1. The Hall–Kier alpha value is -3.59. The molecule has 36 heavy (non-hydrogen) atoms. The van der Waals surface area contributed by atoms with Gasteiger partial charge in [0, 0.05) is 11.4 Å². The maximum absolute atomic E-state index is 12.2. The maximum Gasteiger partial charge on any atom is 0.408 e. The SMILES string of the molecule is COC(=O)c1cc(Cl)c2c(c1)nc(-c1cc3ccc([C@@H](C)NC(=O)OC(C)(C)C)nc3[nH]1)n2C1CC1. The number of halogens is 1. The van der Waals surface area contributed by atoms with Gasteiger partial charge in [0.15, 0.2) is 5.82 Å². The molecule has 10 heteroatoms. The van der Waals surface area contributed by atoms with Crippen LogP contribution in [0, 0.1) is 0 Å². The van der Waals surface area contributed by atoms with E-state index in [9.17, 15) is 9.59 Å². The molecule has 0 radical (unpaired) electrons. The molecule has 3 aromatic heterocycles. The Kier molecular flexibility index (Phi) is 5.90. The molecule has 4 aromatic rings. The second-order valence-corrected chi connectivity index (χ2v) is 10.5. The average Bonchev–Trinajstić information content (AvgIpc) is 3.42. The number of benzene rings is 1. The number of ether oxygens (including phenoxy) is 2. The van der Waals surface area contributed by atoms with Crippen molar-refractivity contribution in [2.45, 2.75) is 58.2 Å². The number of alkyl carbamates (subject to hydrolysis) is 1. The highest BCUT2D eigenvalue weighted by atomic mass is 35.5. The van der Waals surface area contributed by atoms with E-state index >= 15 is 0 Å². The highest BCUT2D eigenvalue weighted by Gasteiger charge is 2.31. The smallest absolute Gasteiger partial charge is 0.408 e. The Morgan fingerprint density at radius 3 is 2.61 bits per heavy atom. The molecule has 188 valence electrons. The normalized spacial score (nSPS) is 14.7. The molecule has 3 heterocycles. The van der Waals surface area contributed by atoms with Crippen molar-refractivity contribution in [1.82, 2.24) is 24.8 Å². The molecule has 5 rings (SSSR count). The molecule has 1 fully saturated rings. The number of amides is 1. The molecular weight excluding hydrogens is 482 g/mol. The molecule has 0 aliphatic heterocycles. The molecule has 1 atom stereocenters. The van der Waals surface area contributed by atoms with Crippen molar-refractivity contribution in [1.29, 1.82) is 0 Å². The number of methoxy groups -OCH3 is 1. The van der Waals surface area contributed by atoms with Crippen molar-refractivity contribution in [2.24, 2.45) is 0 Å². The van der Waals surface area contributed by atoms with Gasteiger partial charge in [0.05, 0.1) is 46.2 Å². The lowest BCUT2D eigenvalue weighted by Gasteiger charge is -2.21. The standard InChI is InChI=1S/C26H28ClN5O4/c1-13(28-25(34)36-26(2,3)4)18-9-6-14-11-20(30-22(14)29-18)23-31-19-12-15(24(33)35-5)10-17(27)21(19)32(23)16-7-8-16/h6,9-13,16H,7-8H2,1-5H3,(H,28,34)(H,29,30)/t13-/m1/s1. The monoisotopic (exact) mass is 509 g/mol.